The average molecular weight is 426 g/mol. The molecule has 0 saturated carbocycles. The molecule has 0 fully saturated rings. The second kappa shape index (κ2) is 7.36. The van der Waals surface area contributed by atoms with Crippen molar-refractivity contribution in [3.63, 3.8) is 0 Å². The summed E-state index contributed by atoms with van der Waals surface area (Å²) in [4.78, 5) is 0.0187. The van der Waals surface area contributed by atoms with E-state index in [-0.39, 0.29) is 10.6 Å². The van der Waals surface area contributed by atoms with Gasteiger partial charge in [0.1, 0.15) is 5.75 Å². The minimum atomic E-state index is -3.79. The molecule has 0 amide bonds. The van der Waals surface area contributed by atoms with Crippen molar-refractivity contribution in [2.45, 2.75) is 4.90 Å². The van der Waals surface area contributed by atoms with Crippen LogP contribution in [-0.4, -0.2) is 23.3 Å². The van der Waals surface area contributed by atoms with E-state index in [2.05, 4.69) is 5.10 Å². The van der Waals surface area contributed by atoms with Crippen molar-refractivity contribution in [1.82, 2.24) is 9.78 Å². The molecule has 3 N–H and O–H groups in total. The zero-order chi connectivity index (χ0) is 20.6. The molecule has 0 aliphatic heterocycles. The number of nitrogens with zero attached hydrogens (tertiary/aromatic N) is 2. The van der Waals surface area contributed by atoms with Gasteiger partial charge < -0.3 is 5.11 Å². The number of primary sulfonamides is 1. The molecule has 3 aromatic carbocycles. The van der Waals surface area contributed by atoms with Gasteiger partial charge in [-0.3, -0.25) is 0 Å². The van der Waals surface area contributed by atoms with Gasteiger partial charge in [-0.1, -0.05) is 35.9 Å². The minimum absolute atomic E-state index is 0.0187. The first-order chi connectivity index (χ1) is 13.8. The fraction of sp³-hybridized carbons (Fsp3) is 0. The Kier molecular flexibility index (Phi) is 4.87. The summed E-state index contributed by atoms with van der Waals surface area (Å²) >= 11 is 5.98. The Bertz CT molecular complexity index is 1280. The van der Waals surface area contributed by atoms with E-state index in [1.807, 2.05) is 24.3 Å². The number of hydrogen-bond donors (Lipinski definition) is 2. The van der Waals surface area contributed by atoms with Gasteiger partial charge in [0.15, 0.2) is 0 Å². The molecule has 0 spiro atoms. The number of benzene rings is 3. The second-order valence-corrected chi connectivity index (χ2v) is 8.42. The maximum Gasteiger partial charge on any atom is 0.238 e. The Balaban J connectivity index is 1.88. The van der Waals surface area contributed by atoms with Crippen molar-refractivity contribution in [3.8, 4) is 34.0 Å². The number of phenolic OH excluding ortho intramolecular Hbond substituents is 1. The number of sulfonamides is 1. The third-order valence-electron chi connectivity index (χ3n) is 4.40. The molecule has 0 bridgehead atoms. The van der Waals surface area contributed by atoms with E-state index in [0.717, 1.165) is 16.8 Å². The summed E-state index contributed by atoms with van der Waals surface area (Å²) in [6.45, 7) is 0. The van der Waals surface area contributed by atoms with Crippen LogP contribution in [0.2, 0.25) is 5.02 Å². The fourth-order valence-electron chi connectivity index (χ4n) is 2.99. The summed E-state index contributed by atoms with van der Waals surface area (Å²) in [7, 11) is -3.79. The van der Waals surface area contributed by atoms with Crippen LogP contribution in [-0.2, 0) is 10.0 Å². The maximum absolute atomic E-state index is 11.5. The van der Waals surface area contributed by atoms with Gasteiger partial charge >= 0.3 is 0 Å². The lowest BCUT2D eigenvalue weighted by atomic mass is 10.1. The molecule has 6 nitrogen and oxygen atoms in total. The number of hydrogen-bond acceptors (Lipinski definition) is 4. The van der Waals surface area contributed by atoms with E-state index in [9.17, 15) is 13.5 Å². The van der Waals surface area contributed by atoms with Crippen molar-refractivity contribution in [2.24, 2.45) is 5.14 Å². The third kappa shape index (κ3) is 4.02. The molecule has 1 aromatic heterocycles. The predicted molar refractivity (Wildman–Crippen MR) is 112 cm³/mol. The van der Waals surface area contributed by atoms with E-state index in [1.165, 1.54) is 12.1 Å². The normalized spacial score (nSPS) is 11.5. The van der Waals surface area contributed by atoms with Crippen LogP contribution in [0.5, 0.6) is 5.75 Å². The molecule has 8 heteroatoms. The number of aromatic nitrogens is 2. The monoisotopic (exact) mass is 425 g/mol. The van der Waals surface area contributed by atoms with Crippen molar-refractivity contribution < 1.29 is 13.5 Å². The van der Waals surface area contributed by atoms with Crippen LogP contribution in [0.3, 0.4) is 0 Å². The first-order valence-electron chi connectivity index (χ1n) is 8.60. The number of halogens is 1. The van der Waals surface area contributed by atoms with Crippen LogP contribution in [0.25, 0.3) is 28.2 Å². The van der Waals surface area contributed by atoms with Crippen LogP contribution < -0.4 is 5.14 Å². The summed E-state index contributed by atoms with van der Waals surface area (Å²) in [5.41, 5.74) is 3.71. The standard InChI is InChI=1S/C21H16ClN3O3S/c22-16-6-4-14(5-7-16)20-13-21(15-2-1-3-18(26)12-15)25(24-20)17-8-10-19(11-9-17)29(23,27)28/h1-13,26H,(H2,23,27,28). The van der Waals surface area contributed by atoms with E-state index in [4.69, 9.17) is 16.7 Å². The average Bonchev–Trinajstić information content (AvgIpc) is 3.13. The summed E-state index contributed by atoms with van der Waals surface area (Å²) < 4.78 is 24.8. The van der Waals surface area contributed by atoms with Gasteiger partial charge in [0.2, 0.25) is 10.0 Å². The highest BCUT2D eigenvalue weighted by atomic mass is 35.5. The van der Waals surface area contributed by atoms with E-state index < -0.39 is 10.0 Å². The Morgan fingerprint density at radius 2 is 1.59 bits per heavy atom. The summed E-state index contributed by atoms with van der Waals surface area (Å²) in [6.07, 6.45) is 0. The molecule has 146 valence electrons. The molecule has 1 heterocycles. The van der Waals surface area contributed by atoms with Gasteiger partial charge in [-0.25, -0.2) is 18.2 Å². The number of phenols is 1. The minimum Gasteiger partial charge on any atom is -0.508 e. The zero-order valence-electron chi connectivity index (χ0n) is 15.0. The van der Waals surface area contributed by atoms with Gasteiger partial charge in [-0.2, -0.15) is 5.10 Å². The van der Waals surface area contributed by atoms with Crippen molar-refractivity contribution >= 4 is 21.6 Å². The fourth-order valence-corrected chi connectivity index (χ4v) is 3.63. The molecule has 29 heavy (non-hydrogen) atoms. The van der Waals surface area contributed by atoms with Crippen LogP contribution >= 0.6 is 11.6 Å². The van der Waals surface area contributed by atoms with E-state index in [0.29, 0.717) is 16.4 Å². The largest absolute Gasteiger partial charge is 0.508 e. The van der Waals surface area contributed by atoms with E-state index >= 15 is 0 Å². The molecule has 0 saturated heterocycles. The Labute approximate surface area is 172 Å². The molecule has 4 aromatic rings. The van der Waals surface area contributed by atoms with E-state index in [1.54, 1.807) is 47.1 Å². The van der Waals surface area contributed by atoms with Crippen molar-refractivity contribution in [1.29, 1.82) is 0 Å². The van der Waals surface area contributed by atoms with Gasteiger partial charge in [-0.05, 0) is 54.6 Å². The highest BCUT2D eigenvalue weighted by Crippen LogP contribution is 2.31. The lowest BCUT2D eigenvalue weighted by molar-refractivity contribution is 0.475. The predicted octanol–water partition coefficient (Wildman–Crippen LogP) is 4.21. The first-order valence-corrected chi connectivity index (χ1v) is 10.5. The molecule has 0 radical (unpaired) electrons. The Morgan fingerprint density at radius 3 is 2.21 bits per heavy atom. The molecular formula is C21H16ClN3O3S. The van der Waals surface area contributed by atoms with Crippen LogP contribution in [0.4, 0.5) is 0 Å². The quantitative estimate of drug-likeness (QED) is 0.511. The SMILES string of the molecule is NS(=O)(=O)c1ccc(-n2nc(-c3ccc(Cl)cc3)cc2-c2cccc(O)c2)cc1. The first kappa shape index (κ1) is 19.2. The van der Waals surface area contributed by atoms with Gasteiger partial charge in [-0.15, -0.1) is 0 Å². The molecule has 0 aliphatic rings. The summed E-state index contributed by atoms with van der Waals surface area (Å²) in [6, 6.07) is 22.1. The third-order valence-corrected chi connectivity index (χ3v) is 5.58. The maximum atomic E-state index is 11.5. The molecular weight excluding hydrogens is 410 g/mol. The number of nitrogens with two attached hydrogens (primary N) is 1. The Morgan fingerprint density at radius 1 is 0.897 bits per heavy atom. The van der Waals surface area contributed by atoms with Gasteiger partial charge in [0.25, 0.3) is 0 Å². The van der Waals surface area contributed by atoms with Crippen LogP contribution in [0, 0.1) is 0 Å². The number of aromatic hydroxyl groups is 1. The molecule has 0 atom stereocenters. The van der Waals surface area contributed by atoms with Gasteiger partial charge in [0, 0.05) is 16.1 Å². The van der Waals surface area contributed by atoms with Gasteiger partial charge in [0.05, 0.1) is 22.0 Å². The van der Waals surface area contributed by atoms with Crippen LogP contribution in [0.1, 0.15) is 0 Å². The Hall–Kier alpha value is -3.13. The molecule has 0 aliphatic carbocycles. The topological polar surface area (TPSA) is 98.2 Å². The molecule has 4 rings (SSSR count). The smallest absolute Gasteiger partial charge is 0.238 e. The lowest BCUT2D eigenvalue weighted by Gasteiger charge is -2.08. The summed E-state index contributed by atoms with van der Waals surface area (Å²) in [5, 5.41) is 20.4. The zero-order valence-corrected chi connectivity index (χ0v) is 16.6. The highest BCUT2D eigenvalue weighted by Gasteiger charge is 2.15. The summed E-state index contributed by atoms with van der Waals surface area (Å²) in [5.74, 6) is 0.132. The highest BCUT2D eigenvalue weighted by molar-refractivity contribution is 7.89. The molecule has 0 unspecified atom stereocenters. The number of rotatable bonds is 4. The second-order valence-electron chi connectivity index (χ2n) is 6.42. The lowest BCUT2D eigenvalue weighted by Crippen LogP contribution is -2.12. The van der Waals surface area contributed by atoms with Crippen molar-refractivity contribution in [2.75, 3.05) is 0 Å². The van der Waals surface area contributed by atoms with Crippen LogP contribution in [0.15, 0.2) is 83.8 Å². The van der Waals surface area contributed by atoms with Crippen molar-refractivity contribution in [3.05, 3.63) is 83.9 Å².